The van der Waals surface area contributed by atoms with Gasteiger partial charge in [-0.05, 0) is 31.2 Å². The van der Waals surface area contributed by atoms with Crippen molar-refractivity contribution in [2.24, 2.45) is 0 Å². The van der Waals surface area contributed by atoms with E-state index in [1.54, 1.807) is 24.3 Å². The van der Waals surface area contributed by atoms with Crippen molar-refractivity contribution < 1.29 is 116 Å². The maximum absolute atomic E-state index is 13.7. The first-order valence-electron chi connectivity index (χ1n) is 16.4. The van der Waals surface area contributed by atoms with Crippen LogP contribution in [0, 0.1) is 0 Å². The molecule has 3 heterocycles. The third-order valence-electron chi connectivity index (χ3n) is 8.97. The van der Waals surface area contributed by atoms with Gasteiger partial charge in [-0.3, -0.25) is 13.8 Å². The van der Waals surface area contributed by atoms with E-state index in [2.05, 4.69) is 14.8 Å². The zero-order valence-electron chi connectivity index (χ0n) is 28.9. The number of amides is 2. The Balaban J connectivity index is 0.00000650. The number of aliphatic hydroxyl groups excluding tert-OH is 6. The van der Waals surface area contributed by atoms with Crippen LogP contribution in [0.4, 0.5) is 0 Å². The summed E-state index contributed by atoms with van der Waals surface area (Å²) < 4.78 is 68.1. The number of rotatable bonds is 12. The molecular formula is C32H41N2NaO18S. The minimum atomic E-state index is -5.42. The Morgan fingerprint density at radius 2 is 1.41 bits per heavy atom. The summed E-state index contributed by atoms with van der Waals surface area (Å²) in [6.07, 6.45) is -23.9. The van der Waals surface area contributed by atoms with Gasteiger partial charge in [0, 0.05) is 17.5 Å². The van der Waals surface area contributed by atoms with Gasteiger partial charge in [0.25, 0.3) is 11.8 Å². The number of aliphatic hydroxyl groups is 7. The van der Waals surface area contributed by atoms with E-state index in [4.69, 9.17) is 23.7 Å². The summed E-state index contributed by atoms with van der Waals surface area (Å²) in [6.45, 7) is -0.573. The van der Waals surface area contributed by atoms with E-state index in [0.717, 1.165) is 0 Å². The van der Waals surface area contributed by atoms with Gasteiger partial charge in [-0.1, -0.05) is 36.4 Å². The van der Waals surface area contributed by atoms with E-state index in [0.29, 0.717) is 0 Å². The average molecular weight is 797 g/mol. The van der Waals surface area contributed by atoms with E-state index in [-0.39, 0.29) is 40.7 Å². The van der Waals surface area contributed by atoms with Crippen molar-refractivity contribution >= 4 is 22.2 Å². The predicted octanol–water partition coefficient (Wildman–Crippen LogP) is -6.83. The molecule has 14 atom stereocenters. The molecule has 2 aromatic rings. The maximum atomic E-state index is 13.7. The number of ether oxygens (including phenoxy) is 5. The fourth-order valence-electron chi connectivity index (χ4n) is 6.19. The molecule has 0 saturated carbocycles. The van der Waals surface area contributed by atoms with Gasteiger partial charge in [-0.2, -0.15) is 0 Å². The monoisotopic (exact) mass is 796 g/mol. The van der Waals surface area contributed by atoms with E-state index < -0.39 is 127 Å². The molecule has 3 aliphatic rings. The van der Waals surface area contributed by atoms with E-state index in [9.17, 15) is 58.3 Å². The van der Waals surface area contributed by atoms with Crippen molar-refractivity contribution in [2.45, 2.75) is 98.9 Å². The van der Waals surface area contributed by atoms with Crippen LogP contribution in [-0.2, 0) is 38.3 Å². The second-order valence-electron chi connectivity index (χ2n) is 12.6. The number of carbonyl (C=O) groups excluding carboxylic acids is 2. The summed E-state index contributed by atoms with van der Waals surface area (Å²) in [5, 5.41) is 80.1. The third kappa shape index (κ3) is 10.2. The molecule has 3 saturated heterocycles. The van der Waals surface area contributed by atoms with Crippen molar-refractivity contribution in [2.75, 3.05) is 13.2 Å². The zero-order valence-corrected chi connectivity index (χ0v) is 31.7. The third-order valence-corrected chi connectivity index (χ3v) is 9.45. The largest absolute Gasteiger partial charge is 1.00 e. The van der Waals surface area contributed by atoms with Crippen LogP contribution in [-0.4, -0.2) is 159 Å². The first-order valence-corrected chi connectivity index (χ1v) is 17.7. The van der Waals surface area contributed by atoms with E-state index in [1.165, 1.54) is 43.3 Å². The van der Waals surface area contributed by atoms with Gasteiger partial charge in [0.1, 0.15) is 54.9 Å². The SMILES string of the molecule is C[C@@H]1O[C@@H](O[C@H]2[C@H](O[C@H]3C[C@@H](OS(=O)(=O)[O-])[C@@H](O)[C@@H](CO)O3)[C@@H](CO)O[C@@H](NC(=O)c3ccccc3)[C@@]2(O)NC(=O)c2ccccc2)[C@@H](O)[C@H](O)[C@@H]1O.[Na+]. The van der Waals surface area contributed by atoms with Crippen LogP contribution < -0.4 is 40.2 Å². The van der Waals surface area contributed by atoms with Gasteiger partial charge in [0.05, 0.1) is 19.3 Å². The number of nitrogens with one attached hydrogen (secondary N) is 2. The van der Waals surface area contributed by atoms with Crippen LogP contribution in [0.15, 0.2) is 60.7 Å². The van der Waals surface area contributed by atoms with Gasteiger partial charge in [0.2, 0.25) is 16.1 Å². The summed E-state index contributed by atoms with van der Waals surface area (Å²) in [4.78, 5) is 27.1. The quantitative estimate of drug-likeness (QED) is 0.0417. The summed E-state index contributed by atoms with van der Waals surface area (Å²) >= 11 is 0. The molecule has 0 bridgehead atoms. The number of benzene rings is 2. The summed E-state index contributed by atoms with van der Waals surface area (Å²) in [5.41, 5.74) is -2.89. The number of carbonyl (C=O) groups is 2. The van der Waals surface area contributed by atoms with Crippen LogP contribution in [0.25, 0.3) is 0 Å². The van der Waals surface area contributed by atoms with Gasteiger partial charge in [0.15, 0.2) is 18.8 Å². The molecule has 2 aromatic carbocycles. The van der Waals surface area contributed by atoms with Crippen LogP contribution in [0.2, 0.25) is 0 Å². The van der Waals surface area contributed by atoms with Gasteiger partial charge < -0.3 is 74.6 Å². The molecule has 9 N–H and O–H groups in total. The molecule has 0 radical (unpaired) electrons. The molecule has 0 spiro atoms. The molecule has 0 aromatic heterocycles. The Hall–Kier alpha value is -2.23. The fraction of sp³-hybridized carbons (Fsp3) is 0.562. The van der Waals surface area contributed by atoms with Crippen LogP contribution in [0.5, 0.6) is 0 Å². The second kappa shape index (κ2) is 18.8. The van der Waals surface area contributed by atoms with Crippen molar-refractivity contribution in [3.63, 3.8) is 0 Å². The Morgan fingerprint density at radius 3 is 1.96 bits per heavy atom. The first-order chi connectivity index (χ1) is 25.1. The molecule has 0 aliphatic carbocycles. The molecule has 20 nitrogen and oxygen atoms in total. The van der Waals surface area contributed by atoms with Crippen LogP contribution in [0.1, 0.15) is 34.1 Å². The minimum absolute atomic E-state index is 0. The maximum Gasteiger partial charge on any atom is 1.00 e. The number of hydrogen-bond donors (Lipinski definition) is 9. The van der Waals surface area contributed by atoms with Crippen molar-refractivity contribution in [3.8, 4) is 0 Å². The molecule has 3 fully saturated rings. The Kier molecular flexibility index (Phi) is 15.5. The molecule has 54 heavy (non-hydrogen) atoms. The normalized spacial score (nSPS) is 37.1. The Labute approximate surface area is 331 Å². The second-order valence-corrected chi connectivity index (χ2v) is 13.6. The van der Waals surface area contributed by atoms with Crippen LogP contribution in [0.3, 0.4) is 0 Å². The zero-order chi connectivity index (χ0) is 38.7. The summed E-state index contributed by atoms with van der Waals surface area (Å²) in [5.74, 6) is -1.81. The van der Waals surface area contributed by atoms with Gasteiger partial charge in [-0.25, -0.2) is 8.42 Å². The van der Waals surface area contributed by atoms with E-state index >= 15 is 0 Å². The molecule has 3 aliphatic heterocycles. The molecule has 294 valence electrons. The summed E-state index contributed by atoms with van der Waals surface area (Å²) in [7, 11) is -5.42. The predicted molar refractivity (Wildman–Crippen MR) is 172 cm³/mol. The molecular weight excluding hydrogens is 755 g/mol. The van der Waals surface area contributed by atoms with E-state index in [1.807, 2.05) is 0 Å². The smallest absolute Gasteiger partial charge is 0.726 e. The van der Waals surface area contributed by atoms with Gasteiger partial charge >= 0.3 is 29.6 Å². The summed E-state index contributed by atoms with van der Waals surface area (Å²) in [6, 6.07) is 15.0. The molecule has 0 unspecified atom stereocenters. The first kappa shape index (κ1) is 44.5. The van der Waals surface area contributed by atoms with Gasteiger partial charge in [-0.15, -0.1) is 0 Å². The van der Waals surface area contributed by atoms with Crippen molar-refractivity contribution in [3.05, 3.63) is 71.8 Å². The topological polar surface area (TPSA) is 312 Å². The minimum Gasteiger partial charge on any atom is -0.726 e. The molecule has 5 rings (SSSR count). The number of hydrogen-bond acceptors (Lipinski definition) is 18. The fourth-order valence-corrected chi connectivity index (χ4v) is 6.68. The Bertz CT molecular complexity index is 1650. The van der Waals surface area contributed by atoms with Crippen molar-refractivity contribution in [1.82, 2.24) is 10.6 Å². The Morgan fingerprint density at radius 1 is 0.833 bits per heavy atom. The van der Waals surface area contributed by atoms with Crippen molar-refractivity contribution in [1.29, 1.82) is 0 Å². The standard InChI is InChI=1S/C32H42N2O18S.Na/c1-15-22(37)24(39)25(40)30(47-15)51-27-26(50-21-12-18(52-53(44,45)46)23(38)19(13-35)48-21)20(14-36)49-31(33-28(41)16-8-4-2-5-9-16)32(27,43)34-29(42)17-10-6-3-7-11-17;/h2-11,15,18-27,30-31,35-40,43H,12-14H2,1H3,(H,33,41)(H,34,42)(H,44,45,46);/q;+1/p-1/t15-,18+,19+,20+,21-,22+,23+,24+,25-,26+,27-,30-,31+,32+;/m0./s1. The average Bonchev–Trinajstić information content (AvgIpc) is 3.13. The molecule has 22 heteroatoms. The molecule has 2 amide bonds. The van der Waals surface area contributed by atoms with Crippen LogP contribution >= 0.6 is 0 Å².